The van der Waals surface area contributed by atoms with Crippen LogP contribution < -0.4 is 0 Å². The van der Waals surface area contributed by atoms with E-state index in [2.05, 4.69) is 37.3 Å². The van der Waals surface area contributed by atoms with E-state index >= 15 is 0 Å². The Morgan fingerprint density at radius 1 is 1.48 bits per heavy atom. The number of amides is 1. The largest absolute Gasteiger partial charge is 0.330 e. The molecule has 0 aliphatic rings. The third kappa shape index (κ3) is 4.29. The molecule has 2 heterocycles. The molecule has 0 N–H and O–H groups in total. The highest BCUT2D eigenvalue weighted by molar-refractivity contribution is 7.07. The van der Waals surface area contributed by atoms with Gasteiger partial charge in [-0.2, -0.15) is 16.4 Å². The van der Waals surface area contributed by atoms with E-state index < -0.39 is 0 Å². The summed E-state index contributed by atoms with van der Waals surface area (Å²) in [7, 11) is 1.86. The van der Waals surface area contributed by atoms with Crippen LogP contribution in [0.3, 0.4) is 0 Å². The van der Waals surface area contributed by atoms with E-state index in [1.54, 1.807) is 28.3 Å². The molecule has 1 amide bonds. The monoisotopic (exact) mass is 303 g/mol. The predicted octanol–water partition coefficient (Wildman–Crippen LogP) is 3.32. The van der Waals surface area contributed by atoms with E-state index in [1.165, 1.54) is 0 Å². The zero-order valence-electron chi connectivity index (χ0n) is 12.9. The molecule has 0 aliphatic carbocycles. The number of rotatable bonds is 4. The topological polar surface area (TPSA) is 38.1 Å². The van der Waals surface area contributed by atoms with Crippen LogP contribution in [0.2, 0.25) is 0 Å². The van der Waals surface area contributed by atoms with Crippen LogP contribution in [0, 0.1) is 0 Å². The molecule has 112 valence electrons. The zero-order chi connectivity index (χ0) is 15.5. The lowest BCUT2D eigenvalue weighted by Gasteiger charge is -2.34. The Bertz CT molecular complexity index is 620. The highest BCUT2D eigenvalue weighted by Gasteiger charge is 2.25. The van der Waals surface area contributed by atoms with Crippen LogP contribution >= 0.6 is 11.3 Å². The third-order valence-corrected chi connectivity index (χ3v) is 3.87. The van der Waals surface area contributed by atoms with Crippen molar-refractivity contribution in [1.82, 2.24) is 14.7 Å². The molecule has 0 aliphatic heterocycles. The predicted molar refractivity (Wildman–Crippen MR) is 86.9 cm³/mol. The first-order valence-electron chi connectivity index (χ1n) is 6.85. The van der Waals surface area contributed by atoms with Gasteiger partial charge >= 0.3 is 0 Å². The Kier molecular flexibility index (Phi) is 4.63. The molecule has 4 nitrogen and oxygen atoms in total. The Morgan fingerprint density at radius 2 is 2.24 bits per heavy atom. The first-order chi connectivity index (χ1) is 9.86. The summed E-state index contributed by atoms with van der Waals surface area (Å²) in [6.45, 7) is 6.78. The van der Waals surface area contributed by atoms with Crippen molar-refractivity contribution in [3.05, 3.63) is 46.4 Å². The first kappa shape index (κ1) is 15.5. The lowest BCUT2D eigenvalue weighted by molar-refractivity contribution is -0.131. The van der Waals surface area contributed by atoms with Crippen LogP contribution in [0.15, 0.2) is 35.3 Å². The fourth-order valence-electron chi connectivity index (χ4n) is 1.99. The number of aryl methyl sites for hydroxylation is 1. The van der Waals surface area contributed by atoms with Gasteiger partial charge in [0.15, 0.2) is 0 Å². The van der Waals surface area contributed by atoms with Crippen molar-refractivity contribution < 1.29 is 4.79 Å². The van der Waals surface area contributed by atoms with Gasteiger partial charge in [0.05, 0.1) is 6.20 Å². The SMILES string of the molecule is Cn1cc(C=CC(=O)N(Cc2ccsc2)C(C)(C)C)cn1. The molecule has 5 heteroatoms. The normalized spacial score (nSPS) is 12.0. The van der Waals surface area contributed by atoms with E-state index in [0.29, 0.717) is 6.54 Å². The second-order valence-corrected chi connectivity index (χ2v) is 6.79. The second kappa shape index (κ2) is 6.26. The Hall–Kier alpha value is -1.88. The Morgan fingerprint density at radius 3 is 2.76 bits per heavy atom. The van der Waals surface area contributed by atoms with Crippen molar-refractivity contribution in [2.45, 2.75) is 32.9 Å². The molecule has 0 bridgehead atoms. The summed E-state index contributed by atoms with van der Waals surface area (Å²) in [6, 6.07) is 2.06. The van der Waals surface area contributed by atoms with Gasteiger partial charge in [-0.25, -0.2) is 0 Å². The van der Waals surface area contributed by atoms with Crippen LogP contribution in [-0.4, -0.2) is 26.1 Å². The minimum Gasteiger partial charge on any atom is -0.330 e. The van der Waals surface area contributed by atoms with Crippen molar-refractivity contribution in [1.29, 1.82) is 0 Å². The van der Waals surface area contributed by atoms with E-state index in [4.69, 9.17) is 0 Å². The number of carbonyl (C=O) groups excluding carboxylic acids is 1. The maximum Gasteiger partial charge on any atom is 0.247 e. The van der Waals surface area contributed by atoms with Gasteiger partial charge in [0, 0.05) is 37.0 Å². The Balaban J connectivity index is 2.13. The number of thiophene rings is 1. The lowest BCUT2D eigenvalue weighted by Crippen LogP contribution is -2.44. The maximum atomic E-state index is 12.5. The molecular weight excluding hydrogens is 282 g/mol. The van der Waals surface area contributed by atoms with Crippen LogP contribution in [0.25, 0.3) is 6.08 Å². The third-order valence-electron chi connectivity index (χ3n) is 3.14. The van der Waals surface area contributed by atoms with Gasteiger partial charge in [-0.15, -0.1) is 0 Å². The second-order valence-electron chi connectivity index (χ2n) is 6.01. The summed E-state index contributed by atoms with van der Waals surface area (Å²) in [6.07, 6.45) is 7.05. The molecule has 0 atom stereocenters. The zero-order valence-corrected chi connectivity index (χ0v) is 13.7. The number of nitrogens with zero attached hydrogens (tertiary/aromatic N) is 3. The molecular formula is C16H21N3OS. The molecule has 2 aromatic heterocycles. The average Bonchev–Trinajstić information content (AvgIpc) is 3.03. The summed E-state index contributed by atoms with van der Waals surface area (Å²) >= 11 is 1.65. The molecule has 0 saturated carbocycles. The maximum absolute atomic E-state index is 12.5. The van der Waals surface area contributed by atoms with E-state index in [9.17, 15) is 4.79 Å². The summed E-state index contributed by atoms with van der Waals surface area (Å²) < 4.78 is 1.72. The summed E-state index contributed by atoms with van der Waals surface area (Å²) in [5.41, 5.74) is 1.87. The standard InChI is InChI=1S/C16H21N3OS/c1-16(2,3)19(11-14-7-8-21-12-14)15(20)6-5-13-9-17-18(4)10-13/h5-10,12H,11H2,1-4H3. The molecule has 21 heavy (non-hydrogen) atoms. The average molecular weight is 303 g/mol. The summed E-state index contributed by atoms with van der Waals surface area (Å²) in [5, 5.41) is 8.20. The van der Waals surface area contributed by atoms with Gasteiger partial charge in [-0.3, -0.25) is 9.48 Å². The first-order valence-corrected chi connectivity index (χ1v) is 7.80. The van der Waals surface area contributed by atoms with Gasteiger partial charge in [-0.05, 0) is 49.2 Å². The number of aromatic nitrogens is 2. The van der Waals surface area contributed by atoms with Crippen LogP contribution in [-0.2, 0) is 18.4 Å². The van der Waals surface area contributed by atoms with Gasteiger partial charge < -0.3 is 4.90 Å². The van der Waals surface area contributed by atoms with E-state index in [0.717, 1.165) is 11.1 Å². The van der Waals surface area contributed by atoms with Gasteiger partial charge in [0.2, 0.25) is 5.91 Å². The molecule has 0 aromatic carbocycles. The van der Waals surface area contributed by atoms with E-state index in [-0.39, 0.29) is 11.4 Å². The van der Waals surface area contributed by atoms with Crippen molar-refractivity contribution >= 4 is 23.3 Å². The highest BCUT2D eigenvalue weighted by atomic mass is 32.1. The number of carbonyl (C=O) groups is 1. The van der Waals surface area contributed by atoms with Crippen LogP contribution in [0.4, 0.5) is 0 Å². The number of hydrogen-bond acceptors (Lipinski definition) is 3. The fraction of sp³-hybridized carbons (Fsp3) is 0.375. The molecule has 0 spiro atoms. The lowest BCUT2D eigenvalue weighted by atomic mass is 10.0. The van der Waals surface area contributed by atoms with Crippen LogP contribution in [0.5, 0.6) is 0 Å². The Labute approximate surface area is 129 Å². The summed E-state index contributed by atoms with van der Waals surface area (Å²) in [5.74, 6) is 0.0116. The molecule has 0 fully saturated rings. The van der Waals surface area contributed by atoms with Crippen molar-refractivity contribution in [3.63, 3.8) is 0 Å². The van der Waals surface area contributed by atoms with Crippen molar-refractivity contribution in [2.24, 2.45) is 7.05 Å². The minimum atomic E-state index is -0.224. The molecule has 2 aromatic rings. The van der Waals surface area contributed by atoms with E-state index in [1.807, 2.05) is 29.6 Å². The molecule has 0 radical (unpaired) electrons. The fourth-order valence-corrected chi connectivity index (χ4v) is 2.65. The molecule has 0 unspecified atom stereocenters. The quantitative estimate of drug-likeness (QED) is 0.813. The van der Waals surface area contributed by atoms with Crippen LogP contribution in [0.1, 0.15) is 31.9 Å². The molecule has 2 rings (SSSR count). The van der Waals surface area contributed by atoms with Gasteiger partial charge in [0.25, 0.3) is 0 Å². The van der Waals surface area contributed by atoms with Crippen molar-refractivity contribution in [3.8, 4) is 0 Å². The summed E-state index contributed by atoms with van der Waals surface area (Å²) in [4.78, 5) is 14.4. The number of hydrogen-bond donors (Lipinski definition) is 0. The minimum absolute atomic E-state index is 0.0116. The van der Waals surface area contributed by atoms with Gasteiger partial charge in [0.1, 0.15) is 0 Å². The smallest absolute Gasteiger partial charge is 0.247 e. The molecule has 0 saturated heterocycles. The van der Waals surface area contributed by atoms with Crippen molar-refractivity contribution in [2.75, 3.05) is 0 Å². The van der Waals surface area contributed by atoms with Gasteiger partial charge in [-0.1, -0.05) is 0 Å². The highest BCUT2D eigenvalue weighted by Crippen LogP contribution is 2.19.